The Bertz CT molecular complexity index is 1390. The van der Waals surface area contributed by atoms with Crippen LogP contribution in [-0.2, 0) is 9.59 Å². The molecule has 1 aliphatic carbocycles. The van der Waals surface area contributed by atoms with E-state index in [4.69, 9.17) is 5.26 Å². The Morgan fingerprint density at radius 3 is 2.45 bits per heavy atom. The second-order valence-electron chi connectivity index (χ2n) is 7.87. The summed E-state index contributed by atoms with van der Waals surface area (Å²) in [7, 11) is 0. The summed E-state index contributed by atoms with van der Waals surface area (Å²) >= 11 is 0. The highest BCUT2D eigenvalue weighted by Crippen LogP contribution is 2.38. The fourth-order valence-corrected chi connectivity index (χ4v) is 4.33. The van der Waals surface area contributed by atoms with Gasteiger partial charge in [-0.2, -0.15) is 5.26 Å². The molecule has 162 valence electrons. The van der Waals surface area contributed by atoms with Crippen LogP contribution in [0, 0.1) is 11.3 Å². The maximum atomic E-state index is 12.6. The maximum absolute atomic E-state index is 12.6. The second kappa shape index (κ2) is 9.92. The Kier molecular flexibility index (Phi) is 6.61. The van der Waals surface area contributed by atoms with E-state index in [2.05, 4.69) is 22.1 Å². The molecule has 0 N–H and O–H groups in total. The minimum absolute atomic E-state index is 0.0245. The number of hydrogen-bond acceptors (Lipinski definition) is 6. The molecule has 5 rings (SSSR count). The zero-order chi connectivity index (χ0) is 23.2. The topological polar surface area (TPSA) is 101 Å². The van der Waals surface area contributed by atoms with E-state index in [9.17, 15) is 14.4 Å². The van der Waals surface area contributed by atoms with Gasteiger partial charge >= 0.3 is 0 Å². The number of hydrogen-bond donors (Lipinski definition) is 0. The Hall–Kier alpha value is -4.24. The second-order valence-corrected chi connectivity index (χ2v) is 7.87. The van der Waals surface area contributed by atoms with Crippen molar-refractivity contribution < 1.29 is 14.4 Å². The summed E-state index contributed by atoms with van der Waals surface area (Å²) in [5.41, 5.74) is 2.02. The van der Waals surface area contributed by atoms with E-state index in [0.29, 0.717) is 30.4 Å². The van der Waals surface area contributed by atoms with Gasteiger partial charge in [0, 0.05) is 30.3 Å². The van der Waals surface area contributed by atoms with Crippen LogP contribution in [0.25, 0.3) is 21.5 Å². The van der Waals surface area contributed by atoms with Gasteiger partial charge in [-0.1, -0.05) is 48.5 Å². The molecule has 33 heavy (non-hydrogen) atoms. The van der Waals surface area contributed by atoms with Crippen LogP contribution in [0.5, 0.6) is 0 Å². The molecule has 0 spiro atoms. The normalized spacial score (nSPS) is 14.8. The third-order valence-corrected chi connectivity index (χ3v) is 5.84. The van der Waals surface area contributed by atoms with Crippen molar-refractivity contribution in [3.63, 3.8) is 0 Å². The summed E-state index contributed by atoms with van der Waals surface area (Å²) < 4.78 is 0. The van der Waals surface area contributed by atoms with E-state index in [-0.39, 0.29) is 23.9 Å². The highest BCUT2D eigenvalue weighted by Gasteiger charge is 2.33. The van der Waals surface area contributed by atoms with Crippen LogP contribution >= 0.6 is 0 Å². The third kappa shape index (κ3) is 4.53. The van der Waals surface area contributed by atoms with Gasteiger partial charge in [0.2, 0.25) is 0 Å². The molecule has 1 unspecified atom stereocenters. The molecule has 1 aromatic heterocycles. The first-order chi connectivity index (χ1) is 16.1. The fourth-order valence-electron chi connectivity index (χ4n) is 4.33. The molecular weight excluding hydrogens is 414 g/mol. The van der Waals surface area contributed by atoms with Gasteiger partial charge in [-0.15, -0.1) is 0 Å². The first-order valence-corrected chi connectivity index (χ1v) is 10.7. The van der Waals surface area contributed by atoms with E-state index >= 15 is 0 Å². The zero-order valence-corrected chi connectivity index (χ0v) is 17.9. The molecule has 6 heteroatoms. The number of ketones is 2. The lowest BCUT2D eigenvalue weighted by molar-refractivity contribution is -0.120. The monoisotopic (exact) mass is 435 g/mol. The average molecular weight is 435 g/mol. The molecule has 0 aliphatic heterocycles. The van der Waals surface area contributed by atoms with Crippen molar-refractivity contribution in [3.8, 4) is 6.07 Å². The standard InChI is InChI=1S/C22H18O3.C5H3N3/c23-12-4-3-7-17-19-11-10-16-15-6-2-1-5-14(15)8-9-18(16)22(19)21(25)13-20(17)24;6-1-5-2-7-4-8-3-5/h1-2,5-6,8-12,17H,3-4,7,13H2;2-4H. The predicted octanol–water partition coefficient (Wildman–Crippen LogP) is 4.95. The molecule has 0 saturated heterocycles. The first kappa shape index (κ1) is 22.0. The molecule has 4 aromatic rings. The number of carbonyl (C=O) groups is 3. The number of nitriles is 1. The summed E-state index contributed by atoms with van der Waals surface area (Å²) in [6.07, 6.45) is 6.91. The number of unbranched alkanes of at least 4 members (excludes halogenated alkanes) is 1. The van der Waals surface area contributed by atoms with E-state index in [0.717, 1.165) is 33.4 Å². The highest BCUT2D eigenvalue weighted by molar-refractivity contribution is 6.22. The van der Waals surface area contributed by atoms with Crippen molar-refractivity contribution in [2.24, 2.45) is 0 Å². The van der Waals surface area contributed by atoms with Crippen molar-refractivity contribution in [2.45, 2.75) is 31.6 Å². The molecule has 1 heterocycles. The lowest BCUT2D eigenvalue weighted by Crippen LogP contribution is -2.25. The van der Waals surface area contributed by atoms with Crippen LogP contribution < -0.4 is 0 Å². The molecule has 0 radical (unpaired) electrons. The summed E-state index contributed by atoms with van der Waals surface area (Å²) in [6.45, 7) is 0. The van der Waals surface area contributed by atoms with E-state index in [1.807, 2.05) is 42.5 Å². The van der Waals surface area contributed by atoms with E-state index in [1.165, 1.54) is 18.7 Å². The number of rotatable bonds is 4. The number of fused-ring (bicyclic) bond motifs is 5. The number of Topliss-reactive ketones (excluding diaryl/α,β-unsaturated/α-hetero) is 2. The molecule has 0 fully saturated rings. The van der Waals surface area contributed by atoms with Crippen molar-refractivity contribution in [1.82, 2.24) is 9.97 Å². The molecule has 6 nitrogen and oxygen atoms in total. The van der Waals surface area contributed by atoms with E-state index in [1.54, 1.807) is 0 Å². The van der Waals surface area contributed by atoms with Crippen molar-refractivity contribution >= 4 is 39.4 Å². The molecule has 1 aliphatic rings. The Morgan fingerprint density at radius 2 is 1.73 bits per heavy atom. The van der Waals surface area contributed by atoms with Gasteiger partial charge in [0.05, 0.1) is 12.0 Å². The molecule has 0 amide bonds. The van der Waals surface area contributed by atoms with Crippen molar-refractivity contribution in [1.29, 1.82) is 5.26 Å². The Labute approximate surface area is 190 Å². The molecule has 1 atom stereocenters. The van der Waals surface area contributed by atoms with Gasteiger partial charge in [-0.25, -0.2) is 9.97 Å². The number of nitrogens with zero attached hydrogens (tertiary/aromatic N) is 3. The van der Waals surface area contributed by atoms with Crippen LogP contribution in [0.4, 0.5) is 0 Å². The summed E-state index contributed by atoms with van der Waals surface area (Å²) in [4.78, 5) is 42.9. The number of benzene rings is 3. The summed E-state index contributed by atoms with van der Waals surface area (Å²) in [5, 5.41) is 12.4. The van der Waals surface area contributed by atoms with Gasteiger partial charge in [0.25, 0.3) is 0 Å². The minimum Gasteiger partial charge on any atom is -0.303 e. The van der Waals surface area contributed by atoms with Crippen molar-refractivity contribution in [3.05, 3.63) is 83.9 Å². The molecular formula is C27H21N3O3. The van der Waals surface area contributed by atoms with Gasteiger partial charge in [-0.05, 0) is 39.9 Å². The average Bonchev–Trinajstić information content (AvgIpc) is 2.86. The molecule has 3 aromatic carbocycles. The highest BCUT2D eigenvalue weighted by atomic mass is 16.1. The van der Waals surface area contributed by atoms with Gasteiger partial charge < -0.3 is 4.79 Å². The molecule has 0 bridgehead atoms. The SMILES string of the molecule is N#Cc1cncnc1.O=CCCCC1C(=O)CC(=O)c2c1ccc1c2ccc2ccccc21. The quantitative estimate of drug-likeness (QED) is 0.195. The van der Waals surface area contributed by atoms with Crippen LogP contribution in [0.15, 0.2) is 67.3 Å². The lowest BCUT2D eigenvalue weighted by Gasteiger charge is -2.25. The Balaban J connectivity index is 0.000000275. The van der Waals surface area contributed by atoms with Gasteiger partial charge in [0.15, 0.2) is 5.78 Å². The summed E-state index contributed by atoms with van der Waals surface area (Å²) in [5.74, 6) is -0.389. The number of aromatic nitrogens is 2. The van der Waals surface area contributed by atoms with Gasteiger partial charge in [-0.3, -0.25) is 9.59 Å². The smallest absolute Gasteiger partial charge is 0.171 e. The van der Waals surface area contributed by atoms with Crippen molar-refractivity contribution in [2.75, 3.05) is 0 Å². The third-order valence-electron chi connectivity index (χ3n) is 5.84. The first-order valence-electron chi connectivity index (χ1n) is 10.7. The van der Waals surface area contributed by atoms with E-state index < -0.39 is 0 Å². The van der Waals surface area contributed by atoms with Crippen LogP contribution in [-0.4, -0.2) is 27.8 Å². The van der Waals surface area contributed by atoms with Crippen LogP contribution in [0.1, 0.15) is 53.1 Å². The van der Waals surface area contributed by atoms with Crippen LogP contribution in [0.3, 0.4) is 0 Å². The predicted molar refractivity (Wildman–Crippen MR) is 125 cm³/mol. The largest absolute Gasteiger partial charge is 0.303 e. The number of aldehydes is 1. The van der Waals surface area contributed by atoms with Gasteiger partial charge in [0.1, 0.15) is 24.5 Å². The Morgan fingerprint density at radius 1 is 0.970 bits per heavy atom. The summed E-state index contributed by atoms with van der Waals surface area (Å²) in [6, 6.07) is 18.0. The lowest BCUT2D eigenvalue weighted by atomic mass is 9.76. The van der Waals surface area contributed by atoms with Crippen LogP contribution in [0.2, 0.25) is 0 Å². The molecule has 0 saturated carbocycles. The maximum Gasteiger partial charge on any atom is 0.171 e. The number of carbonyl (C=O) groups excluding carboxylic acids is 3. The minimum atomic E-state index is -0.275. The zero-order valence-electron chi connectivity index (χ0n) is 17.9. The fraction of sp³-hybridized carbons (Fsp3) is 0.185.